The number of unbranched alkanes of at least 4 members (excludes halogenated alkanes) is 1. The van der Waals surface area contributed by atoms with Crippen molar-refractivity contribution in [2.75, 3.05) is 53.6 Å². The fourth-order valence-corrected chi connectivity index (χ4v) is 14.8. The van der Waals surface area contributed by atoms with E-state index in [0.29, 0.717) is 106 Å². The molecular formula is C81H77BrClFO16. The minimum atomic E-state index is -0.352. The van der Waals surface area contributed by atoms with Crippen LogP contribution in [0.15, 0.2) is 132 Å². The van der Waals surface area contributed by atoms with Crippen molar-refractivity contribution in [2.45, 2.75) is 122 Å². The van der Waals surface area contributed by atoms with Gasteiger partial charge in [0.05, 0.1) is 26.4 Å². The van der Waals surface area contributed by atoms with Gasteiger partial charge in [-0.2, -0.15) is 0 Å². The summed E-state index contributed by atoms with van der Waals surface area (Å²) in [5, 5.41) is 0.621. The molecule has 4 aliphatic carbocycles. The molecule has 0 bridgehead atoms. The highest BCUT2D eigenvalue weighted by Gasteiger charge is 2.37. The summed E-state index contributed by atoms with van der Waals surface area (Å²) in [6, 6.07) is 38.1. The number of rotatable bonds is 15. The summed E-state index contributed by atoms with van der Waals surface area (Å²) < 4.78 is 81.6. The number of fused-ring (bicyclic) bond motifs is 8. The maximum atomic E-state index is 13.6. The van der Waals surface area contributed by atoms with Crippen molar-refractivity contribution < 1.29 is 80.4 Å². The Balaban J connectivity index is 0.000000120. The molecule has 16 nitrogen and oxygen atoms in total. The van der Waals surface area contributed by atoms with Gasteiger partial charge in [0.2, 0.25) is 27.2 Å². The molecule has 0 fully saturated rings. The topological polar surface area (TPSA) is 179 Å². The average molecular weight is 1440 g/mol. The molecule has 8 aliphatic rings. The summed E-state index contributed by atoms with van der Waals surface area (Å²) in [6.07, 6.45) is 10.0. The molecule has 100 heavy (non-hydrogen) atoms. The Morgan fingerprint density at radius 1 is 0.400 bits per heavy atom. The zero-order chi connectivity index (χ0) is 69.6. The number of ketones is 4. The molecule has 8 aromatic rings. The molecular weight excluding hydrogens is 1360 g/mol. The first kappa shape index (κ1) is 69.0. The smallest absolute Gasteiger partial charge is 0.231 e. The van der Waals surface area contributed by atoms with Gasteiger partial charge in [-0.25, -0.2) is 4.39 Å². The van der Waals surface area contributed by atoms with Crippen molar-refractivity contribution in [3.05, 3.63) is 215 Å². The number of hydrogen-bond donors (Lipinski definition) is 0. The quantitative estimate of drug-likeness (QED) is 0.0945. The highest BCUT2D eigenvalue weighted by molar-refractivity contribution is 9.10. The van der Waals surface area contributed by atoms with E-state index in [9.17, 15) is 23.6 Å². The van der Waals surface area contributed by atoms with Crippen molar-refractivity contribution >= 4 is 56.7 Å². The molecule has 4 atom stereocenters. The minimum Gasteiger partial charge on any atom is -0.494 e. The molecule has 0 aromatic heterocycles. The predicted molar refractivity (Wildman–Crippen MR) is 378 cm³/mol. The van der Waals surface area contributed by atoms with Crippen LogP contribution in [0.25, 0.3) is 6.08 Å². The van der Waals surface area contributed by atoms with Gasteiger partial charge in [0.15, 0.2) is 46.0 Å². The number of carbonyl (C=O) groups is 4. The zero-order valence-corrected chi connectivity index (χ0v) is 58.7. The SMILES string of the molecule is CCC/C=C/c1ccc(C2CC(=O)Cc3cc4c(cc32)OCO4)c(OCC)c1.CCOc1cc(Br)ccc1C1CC(=O)Cc2cc3c(cc21)OCO3.CCOc1cc(Cl)ccc1C1CC(=O)Cc2cc3c(cc21)OCO3.CCOc1cc(F)ccc1C1CC(=O)Cc2cc3c(cc21)OCO3. The van der Waals surface area contributed by atoms with Gasteiger partial charge in [0.1, 0.15) is 51.9 Å². The number of halogens is 3. The van der Waals surface area contributed by atoms with Gasteiger partial charge in [0, 0.05) is 113 Å². The third-order valence-corrected chi connectivity index (χ3v) is 19.5. The molecule has 0 spiro atoms. The minimum absolute atomic E-state index is 0.0228. The Hall–Kier alpha value is -9.52. The van der Waals surface area contributed by atoms with Crippen LogP contribution >= 0.6 is 27.5 Å². The summed E-state index contributed by atoms with van der Waals surface area (Å²) >= 11 is 9.60. The van der Waals surface area contributed by atoms with Crippen LogP contribution in [0.4, 0.5) is 4.39 Å². The molecule has 16 rings (SSSR count). The van der Waals surface area contributed by atoms with Gasteiger partial charge < -0.3 is 56.8 Å². The Morgan fingerprint density at radius 2 is 0.720 bits per heavy atom. The van der Waals surface area contributed by atoms with Crippen LogP contribution in [0.3, 0.4) is 0 Å². The van der Waals surface area contributed by atoms with E-state index in [1.54, 1.807) is 6.07 Å². The van der Waals surface area contributed by atoms with E-state index in [0.717, 1.165) is 136 Å². The maximum Gasteiger partial charge on any atom is 0.231 e. The molecule has 0 saturated heterocycles. The van der Waals surface area contributed by atoms with E-state index in [1.165, 1.54) is 12.1 Å². The molecule has 0 saturated carbocycles. The first-order valence-electron chi connectivity index (χ1n) is 34.1. The van der Waals surface area contributed by atoms with Crippen molar-refractivity contribution in [3.8, 4) is 69.0 Å². The second-order valence-electron chi connectivity index (χ2n) is 25.3. The molecule has 0 radical (unpaired) electrons. The lowest BCUT2D eigenvalue weighted by Gasteiger charge is -2.27. The lowest BCUT2D eigenvalue weighted by molar-refractivity contribution is -0.119. The van der Waals surface area contributed by atoms with E-state index in [4.69, 9.17) is 68.4 Å². The Bertz CT molecular complexity index is 4160. The standard InChI is InChI=1S/C24H26O4.C19H17BrO4.C19H17ClO4.C19H17FO4/c1-3-5-6-7-16-8-9-19(22(10-16)26-4-2)21-13-18(25)11-17-12-23-24(14-20(17)21)28-15-27-23;3*1-2-22-17-7-12(20)3-4-14(17)16-8-13(21)5-11-6-18-19(9-15(11)16)24-10-23-18/h6-10,12,14,21H,3-5,11,13,15H2,1-2H3;3*3-4,6-7,9,16H,2,5,8,10H2,1H3/b7-6+;;;. The number of ether oxygens (including phenoxy) is 12. The van der Waals surface area contributed by atoms with E-state index in [-0.39, 0.29) is 79.8 Å². The monoisotopic (exact) mass is 1440 g/mol. The van der Waals surface area contributed by atoms with Crippen molar-refractivity contribution in [1.29, 1.82) is 0 Å². The van der Waals surface area contributed by atoms with Crippen LogP contribution in [0, 0.1) is 5.82 Å². The van der Waals surface area contributed by atoms with Crippen LogP contribution in [0.2, 0.25) is 5.02 Å². The molecule has 0 amide bonds. The van der Waals surface area contributed by atoms with Gasteiger partial charge in [-0.1, -0.05) is 83.4 Å². The number of Topliss-reactive ketones (excluding diaryl/α,β-unsaturated/α-hetero) is 4. The van der Waals surface area contributed by atoms with E-state index in [2.05, 4.69) is 53.2 Å². The number of benzene rings is 8. The lowest BCUT2D eigenvalue weighted by atomic mass is 9.77. The largest absolute Gasteiger partial charge is 0.494 e. The van der Waals surface area contributed by atoms with E-state index < -0.39 is 0 Å². The van der Waals surface area contributed by atoms with Gasteiger partial charge in [-0.05, 0) is 169 Å². The number of carbonyl (C=O) groups excluding carboxylic acids is 4. The molecule has 0 N–H and O–H groups in total. The van der Waals surface area contributed by atoms with Crippen molar-refractivity contribution in [3.63, 3.8) is 0 Å². The van der Waals surface area contributed by atoms with E-state index in [1.807, 2.05) is 113 Å². The first-order chi connectivity index (χ1) is 48.6. The van der Waals surface area contributed by atoms with Gasteiger partial charge >= 0.3 is 0 Å². The highest BCUT2D eigenvalue weighted by Crippen LogP contribution is 2.50. The normalized spacial score (nSPS) is 18.2. The maximum absolute atomic E-state index is 13.6. The zero-order valence-electron chi connectivity index (χ0n) is 56.4. The molecule has 8 aromatic carbocycles. The van der Waals surface area contributed by atoms with Crippen LogP contribution < -0.4 is 56.8 Å². The van der Waals surface area contributed by atoms with Crippen LogP contribution in [0.5, 0.6) is 69.0 Å². The van der Waals surface area contributed by atoms with Crippen molar-refractivity contribution in [1.82, 2.24) is 0 Å². The van der Waals surface area contributed by atoms with Crippen molar-refractivity contribution in [2.24, 2.45) is 0 Å². The summed E-state index contributed by atoms with van der Waals surface area (Å²) in [7, 11) is 0. The second-order valence-corrected chi connectivity index (χ2v) is 26.6. The summed E-state index contributed by atoms with van der Waals surface area (Å²) in [4.78, 5) is 49.4. The highest BCUT2D eigenvalue weighted by atomic mass is 79.9. The fraction of sp³-hybridized carbons (Fsp3) is 0.333. The van der Waals surface area contributed by atoms with Gasteiger partial charge in [-0.15, -0.1) is 0 Å². The molecule has 4 aliphatic heterocycles. The van der Waals surface area contributed by atoms with Crippen LogP contribution in [0.1, 0.15) is 169 Å². The predicted octanol–water partition coefficient (Wildman–Crippen LogP) is 17.2. The number of hydrogen-bond acceptors (Lipinski definition) is 16. The van der Waals surface area contributed by atoms with Gasteiger partial charge in [-0.3, -0.25) is 19.2 Å². The van der Waals surface area contributed by atoms with Gasteiger partial charge in [0.25, 0.3) is 0 Å². The van der Waals surface area contributed by atoms with E-state index >= 15 is 0 Å². The Kier molecular flexibility index (Phi) is 21.3. The summed E-state index contributed by atoms with van der Waals surface area (Å²) in [5.41, 5.74) is 13.4. The lowest BCUT2D eigenvalue weighted by Crippen LogP contribution is -2.20. The third-order valence-electron chi connectivity index (χ3n) is 18.7. The summed E-state index contributed by atoms with van der Waals surface area (Å²) in [6.45, 7) is 12.9. The summed E-state index contributed by atoms with van der Waals surface area (Å²) in [5.74, 6) is 8.87. The van der Waals surface area contributed by atoms with Crippen LogP contribution in [-0.2, 0) is 44.9 Å². The number of allylic oxidation sites excluding steroid dienone is 1. The first-order valence-corrected chi connectivity index (χ1v) is 35.3. The Morgan fingerprint density at radius 3 is 1.09 bits per heavy atom. The second kappa shape index (κ2) is 30.9. The fourth-order valence-electron chi connectivity index (χ4n) is 14.3. The molecule has 4 heterocycles. The third kappa shape index (κ3) is 15.1. The molecule has 518 valence electrons. The van der Waals surface area contributed by atoms with Crippen LogP contribution in [-0.4, -0.2) is 76.7 Å². The average Bonchev–Trinajstić information content (AvgIpc) is 1.22. The molecule has 4 unspecified atom stereocenters. The molecule has 19 heteroatoms. The Labute approximate surface area is 594 Å².